The largest absolute Gasteiger partial charge is 0.387 e. The van der Waals surface area contributed by atoms with E-state index >= 15 is 0 Å². The van der Waals surface area contributed by atoms with Gasteiger partial charge in [-0.2, -0.15) is 0 Å². The van der Waals surface area contributed by atoms with Crippen molar-refractivity contribution in [2.75, 3.05) is 45.9 Å². The van der Waals surface area contributed by atoms with Crippen LogP contribution in [0.2, 0.25) is 0 Å². The fourth-order valence-electron chi connectivity index (χ4n) is 3.18. The summed E-state index contributed by atoms with van der Waals surface area (Å²) in [6, 6.07) is 0. The molecule has 0 aliphatic carbocycles. The summed E-state index contributed by atoms with van der Waals surface area (Å²) in [5.41, 5.74) is -1.10. The normalized spacial score (nSPS) is 27.3. The average molecular weight is 310 g/mol. The molecule has 2 saturated heterocycles. The lowest BCUT2D eigenvalue weighted by Gasteiger charge is -2.33. The molecule has 0 aromatic carbocycles. The minimum atomic E-state index is -0.744. The van der Waals surface area contributed by atoms with Crippen molar-refractivity contribution in [3.8, 4) is 0 Å². The van der Waals surface area contributed by atoms with Gasteiger partial charge in [0, 0.05) is 51.0 Å². The second kappa shape index (κ2) is 6.33. The molecule has 3 heterocycles. The molecule has 0 unspecified atom stereocenters. The Hall–Kier alpha value is -1.48. The lowest BCUT2D eigenvalue weighted by Crippen LogP contribution is -2.48. The monoisotopic (exact) mass is 310 g/mol. The number of nitrogens with zero attached hydrogens (tertiary/aromatic N) is 2. The van der Waals surface area contributed by atoms with E-state index < -0.39 is 11.3 Å². The second-order valence-corrected chi connectivity index (χ2v) is 6.17. The van der Waals surface area contributed by atoms with Gasteiger partial charge in [0.2, 0.25) is 0 Å². The SMILES string of the molecule is O=c1[nH]cc(CN2CC[C@](O)(CN3CCOCC3)C2)c(=O)[nH]1. The van der Waals surface area contributed by atoms with Crippen molar-refractivity contribution in [1.82, 2.24) is 19.8 Å². The van der Waals surface area contributed by atoms with Crippen LogP contribution >= 0.6 is 0 Å². The van der Waals surface area contributed by atoms with Gasteiger partial charge in [-0.05, 0) is 6.42 Å². The summed E-state index contributed by atoms with van der Waals surface area (Å²) in [6.45, 7) is 5.46. The molecule has 8 heteroatoms. The standard InChI is InChI=1S/C14H22N4O4/c19-12-11(7-15-13(20)16-12)8-18-2-1-14(21,10-18)9-17-3-5-22-6-4-17/h7,21H,1-6,8-10H2,(H2,15,16,19,20)/t14-/m0/s1. The number of β-amino-alcohol motifs (C(OH)–C–C–N with tert-alkyl or cyclic N) is 1. The van der Waals surface area contributed by atoms with E-state index in [-0.39, 0.29) is 5.56 Å². The molecule has 3 rings (SSSR count). The van der Waals surface area contributed by atoms with Gasteiger partial charge in [0.05, 0.1) is 18.8 Å². The first kappa shape index (κ1) is 15.4. The highest BCUT2D eigenvalue weighted by Crippen LogP contribution is 2.23. The van der Waals surface area contributed by atoms with Crippen LogP contribution < -0.4 is 11.2 Å². The van der Waals surface area contributed by atoms with Crippen molar-refractivity contribution in [2.45, 2.75) is 18.6 Å². The van der Waals surface area contributed by atoms with Crippen LogP contribution in [0.3, 0.4) is 0 Å². The van der Waals surface area contributed by atoms with Gasteiger partial charge >= 0.3 is 5.69 Å². The van der Waals surface area contributed by atoms with E-state index in [1.807, 2.05) is 4.90 Å². The average Bonchev–Trinajstić information content (AvgIpc) is 2.84. The molecule has 0 spiro atoms. The third-order valence-electron chi connectivity index (χ3n) is 4.32. The molecule has 2 aliphatic rings. The number of aromatic amines is 2. The van der Waals surface area contributed by atoms with Gasteiger partial charge in [0.25, 0.3) is 5.56 Å². The van der Waals surface area contributed by atoms with Crippen LogP contribution in [0.15, 0.2) is 15.8 Å². The van der Waals surface area contributed by atoms with E-state index in [9.17, 15) is 14.7 Å². The number of aliphatic hydroxyl groups is 1. The molecule has 2 aliphatic heterocycles. The smallest absolute Gasteiger partial charge is 0.325 e. The lowest BCUT2D eigenvalue weighted by atomic mass is 10.0. The number of hydrogen-bond acceptors (Lipinski definition) is 6. The topological polar surface area (TPSA) is 102 Å². The Bertz CT molecular complexity index is 622. The Balaban J connectivity index is 1.59. The zero-order chi connectivity index (χ0) is 15.6. The number of hydrogen-bond donors (Lipinski definition) is 3. The fourth-order valence-corrected chi connectivity index (χ4v) is 3.18. The zero-order valence-electron chi connectivity index (χ0n) is 12.5. The highest BCUT2D eigenvalue weighted by atomic mass is 16.5. The molecular formula is C14H22N4O4. The first-order valence-corrected chi connectivity index (χ1v) is 7.60. The Morgan fingerprint density at radius 3 is 2.73 bits per heavy atom. The highest BCUT2D eigenvalue weighted by Gasteiger charge is 2.37. The molecule has 122 valence electrons. The number of likely N-dealkylation sites (tertiary alicyclic amines) is 1. The maximum atomic E-state index is 11.7. The van der Waals surface area contributed by atoms with E-state index in [4.69, 9.17) is 4.74 Å². The summed E-state index contributed by atoms with van der Waals surface area (Å²) in [5, 5.41) is 10.7. The van der Waals surface area contributed by atoms with E-state index in [0.29, 0.717) is 44.8 Å². The van der Waals surface area contributed by atoms with Crippen molar-refractivity contribution in [1.29, 1.82) is 0 Å². The van der Waals surface area contributed by atoms with E-state index in [2.05, 4.69) is 14.9 Å². The van der Waals surface area contributed by atoms with Crippen LogP contribution in [0, 0.1) is 0 Å². The van der Waals surface area contributed by atoms with Gasteiger partial charge < -0.3 is 14.8 Å². The van der Waals surface area contributed by atoms with E-state index in [1.54, 1.807) is 0 Å². The van der Waals surface area contributed by atoms with Crippen molar-refractivity contribution in [3.63, 3.8) is 0 Å². The zero-order valence-corrected chi connectivity index (χ0v) is 12.5. The number of nitrogens with one attached hydrogen (secondary N) is 2. The molecule has 0 bridgehead atoms. The Morgan fingerprint density at radius 2 is 2.00 bits per heavy atom. The van der Waals surface area contributed by atoms with Crippen molar-refractivity contribution < 1.29 is 9.84 Å². The van der Waals surface area contributed by atoms with Gasteiger partial charge in [-0.3, -0.25) is 19.6 Å². The first-order valence-electron chi connectivity index (χ1n) is 7.60. The number of H-pyrrole nitrogens is 2. The summed E-state index contributed by atoms with van der Waals surface area (Å²) >= 11 is 0. The van der Waals surface area contributed by atoms with Gasteiger partial charge in [-0.15, -0.1) is 0 Å². The minimum absolute atomic E-state index is 0.368. The highest BCUT2D eigenvalue weighted by molar-refractivity contribution is 5.05. The predicted octanol–water partition coefficient (Wildman–Crippen LogP) is -1.67. The fraction of sp³-hybridized carbons (Fsp3) is 0.714. The maximum absolute atomic E-state index is 11.7. The van der Waals surface area contributed by atoms with E-state index in [1.165, 1.54) is 6.20 Å². The van der Waals surface area contributed by atoms with Gasteiger partial charge in [-0.1, -0.05) is 0 Å². The second-order valence-electron chi connectivity index (χ2n) is 6.17. The summed E-state index contributed by atoms with van der Waals surface area (Å²) in [6.07, 6.45) is 2.13. The molecule has 0 radical (unpaired) electrons. The molecule has 0 saturated carbocycles. The molecule has 22 heavy (non-hydrogen) atoms. The third-order valence-corrected chi connectivity index (χ3v) is 4.32. The van der Waals surface area contributed by atoms with E-state index in [0.717, 1.165) is 19.6 Å². The molecular weight excluding hydrogens is 288 g/mol. The summed E-state index contributed by atoms with van der Waals surface area (Å²) in [7, 11) is 0. The van der Waals surface area contributed by atoms with Gasteiger partial charge in [0.15, 0.2) is 0 Å². The first-order chi connectivity index (χ1) is 10.5. The Kier molecular flexibility index (Phi) is 4.44. The van der Waals surface area contributed by atoms with Gasteiger partial charge in [0.1, 0.15) is 0 Å². The van der Waals surface area contributed by atoms with Crippen LogP contribution in [0.4, 0.5) is 0 Å². The predicted molar refractivity (Wildman–Crippen MR) is 79.8 cm³/mol. The minimum Gasteiger partial charge on any atom is -0.387 e. The molecule has 1 aromatic rings. The molecule has 2 fully saturated rings. The third kappa shape index (κ3) is 3.64. The number of aromatic nitrogens is 2. The molecule has 3 N–H and O–H groups in total. The number of ether oxygens (including phenoxy) is 1. The van der Waals surface area contributed by atoms with Crippen molar-refractivity contribution >= 4 is 0 Å². The molecule has 0 amide bonds. The molecule has 1 aromatic heterocycles. The number of rotatable bonds is 4. The van der Waals surface area contributed by atoms with Gasteiger partial charge in [-0.25, -0.2) is 4.79 Å². The Labute approximate surface area is 127 Å². The maximum Gasteiger partial charge on any atom is 0.325 e. The van der Waals surface area contributed by atoms with Crippen LogP contribution in [0.1, 0.15) is 12.0 Å². The van der Waals surface area contributed by atoms with Crippen LogP contribution in [-0.2, 0) is 11.3 Å². The summed E-state index contributed by atoms with van der Waals surface area (Å²) in [4.78, 5) is 31.7. The molecule has 8 nitrogen and oxygen atoms in total. The van der Waals surface area contributed by atoms with Crippen molar-refractivity contribution in [3.05, 3.63) is 32.6 Å². The van der Waals surface area contributed by atoms with Crippen LogP contribution in [-0.4, -0.2) is 76.4 Å². The van der Waals surface area contributed by atoms with Crippen LogP contribution in [0.5, 0.6) is 0 Å². The molecule has 1 atom stereocenters. The van der Waals surface area contributed by atoms with Crippen molar-refractivity contribution in [2.24, 2.45) is 0 Å². The Morgan fingerprint density at radius 1 is 1.23 bits per heavy atom. The number of morpholine rings is 1. The summed E-state index contributed by atoms with van der Waals surface area (Å²) in [5.74, 6) is 0. The summed E-state index contributed by atoms with van der Waals surface area (Å²) < 4.78 is 5.32. The van der Waals surface area contributed by atoms with Crippen LogP contribution in [0.25, 0.3) is 0 Å². The quantitative estimate of drug-likeness (QED) is 0.615. The lowest BCUT2D eigenvalue weighted by molar-refractivity contribution is -0.0267.